The van der Waals surface area contributed by atoms with Gasteiger partial charge >= 0.3 is 0 Å². The zero-order chi connectivity index (χ0) is 12.1. The molecule has 0 aromatic carbocycles. The third kappa shape index (κ3) is 3.94. The lowest BCUT2D eigenvalue weighted by molar-refractivity contribution is 0.543. The first-order valence-electron chi connectivity index (χ1n) is 5.85. The van der Waals surface area contributed by atoms with Gasteiger partial charge in [0.15, 0.2) is 0 Å². The normalized spacial score (nSPS) is 11.2. The second kappa shape index (κ2) is 5.93. The monoisotopic (exact) mass is 250 g/mol. The molecule has 0 bridgehead atoms. The highest BCUT2D eigenvalue weighted by atomic mass is 32.1. The minimum atomic E-state index is 0.674. The van der Waals surface area contributed by atoms with Crippen LogP contribution in [0.3, 0.4) is 0 Å². The standard InChI is InChI=1S/C12H18N4S/c1-10(2)7-13-8-11-3-5-16(15-11)9-12-14-4-6-17-12/h3-6,10,13H,7-9H2,1-2H3. The quantitative estimate of drug-likeness (QED) is 0.854. The first kappa shape index (κ1) is 12.3. The SMILES string of the molecule is CC(C)CNCc1ccn(Cc2nccs2)n1. The molecule has 0 saturated carbocycles. The van der Waals surface area contributed by atoms with Crippen LogP contribution < -0.4 is 5.32 Å². The highest BCUT2D eigenvalue weighted by molar-refractivity contribution is 7.09. The second-order valence-corrected chi connectivity index (χ2v) is 5.43. The molecule has 0 atom stereocenters. The fourth-order valence-corrected chi connectivity index (χ4v) is 2.15. The van der Waals surface area contributed by atoms with Gasteiger partial charge in [-0.15, -0.1) is 11.3 Å². The van der Waals surface area contributed by atoms with Gasteiger partial charge in [0.1, 0.15) is 5.01 Å². The predicted molar refractivity (Wildman–Crippen MR) is 70.0 cm³/mol. The summed E-state index contributed by atoms with van der Waals surface area (Å²) >= 11 is 1.66. The van der Waals surface area contributed by atoms with Crippen LogP contribution in [0.5, 0.6) is 0 Å². The van der Waals surface area contributed by atoms with Crippen molar-refractivity contribution in [1.82, 2.24) is 20.1 Å². The lowest BCUT2D eigenvalue weighted by Gasteiger charge is -2.04. The molecule has 2 aromatic heterocycles. The van der Waals surface area contributed by atoms with Crippen molar-refractivity contribution in [2.75, 3.05) is 6.54 Å². The Hall–Kier alpha value is -1.20. The van der Waals surface area contributed by atoms with E-state index in [4.69, 9.17) is 0 Å². The van der Waals surface area contributed by atoms with E-state index in [0.717, 1.165) is 30.3 Å². The highest BCUT2D eigenvalue weighted by Crippen LogP contribution is 2.06. The summed E-state index contributed by atoms with van der Waals surface area (Å²) in [4.78, 5) is 4.25. The van der Waals surface area contributed by atoms with Crippen molar-refractivity contribution in [2.24, 2.45) is 5.92 Å². The molecule has 2 rings (SSSR count). The lowest BCUT2D eigenvalue weighted by atomic mass is 10.2. The van der Waals surface area contributed by atoms with Crippen LogP contribution in [0.2, 0.25) is 0 Å². The molecule has 17 heavy (non-hydrogen) atoms. The molecule has 4 nitrogen and oxygen atoms in total. The number of nitrogens with one attached hydrogen (secondary N) is 1. The van der Waals surface area contributed by atoms with Crippen LogP contribution >= 0.6 is 11.3 Å². The maximum absolute atomic E-state index is 4.50. The van der Waals surface area contributed by atoms with E-state index in [0.29, 0.717) is 5.92 Å². The van der Waals surface area contributed by atoms with Crippen LogP contribution in [0.15, 0.2) is 23.8 Å². The van der Waals surface area contributed by atoms with Gasteiger partial charge in [-0.2, -0.15) is 5.10 Å². The second-order valence-electron chi connectivity index (χ2n) is 4.46. The molecule has 0 unspecified atom stereocenters. The molecule has 5 heteroatoms. The summed E-state index contributed by atoms with van der Waals surface area (Å²) < 4.78 is 1.94. The maximum atomic E-state index is 4.50. The Morgan fingerprint density at radius 2 is 2.35 bits per heavy atom. The fraction of sp³-hybridized carbons (Fsp3) is 0.500. The van der Waals surface area contributed by atoms with Gasteiger partial charge in [-0.25, -0.2) is 4.98 Å². The van der Waals surface area contributed by atoms with E-state index in [-0.39, 0.29) is 0 Å². The van der Waals surface area contributed by atoms with Gasteiger partial charge in [0.05, 0.1) is 12.2 Å². The third-order valence-corrected chi connectivity index (χ3v) is 3.10. The molecular weight excluding hydrogens is 232 g/mol. The molecule has 0 radical (unpaired) electrons. The fourth-order valence-electron chi connectivity index (χ4n) is 1.54. The lowest BCUT2D eigenvalue weighted by Crippen LogP contribution is -2.19. The average Bonchev–Trinajstić information content (AvgIpc) is 2.90. The number of thiazole rings is 1. The Labute approximate surface area is 106 Å². The molecular formula is C12H18N4S. The third-order valence-electron chi connectivity index (χ3n) is 2.34. The van der Waals surface area contributed by atoms with Crippen LogP contribution in [0.4, 0.5) is 0 Å². The Morgan fingerprint density at radius 3 is 3.06 bits per heavy atom. The van der Waals surface area contributed by atoms with E-state index in [1.54, 1.807) is 11.3 Å². The van der Waals surface area contributed by atoms with Gasteiger partial charge in [-0.1, -0.05) is 13.8 Å². The topological polar surface area (TPSA) is 42.7 Å². The molecule has 0 fully saturated rings. The zero-order valence-corrected chi connectivity index (χ0v) is 11.1. The Balaban J connectivity index is 1.83. The Bertz CT molecular complexity index is 433. The summed E-state index contributed by atoms with van der Waals surface area (Å²) in [5, 5.41) is 11.0. The van der Waals surface area contributed by atoms with E-state index >= 15 is 0 Å². The highest BCUT2D eigenvalue weighted by Gasteiger charge is 2.01. The van der Waals surface area contributed by atoms with Gasteiger partial charge in [0, 0.05) is 24.3 Å². The van der Waals surface area contributed by atoms with E-state index < -0.39 is 0 Å². The van der Waals surface area contributed by atoms with Crippen molar-refractivity contribution >= 4 is 11.3 Å². The van der Waals surface area contributed by atoms with Crippen molar-refractivity contribution in [3.8, 4) is 0 Å². The van der Waals surface area contributed by atoms with E-state index in [1.807, 2.05) is 22.5 Å². The first-order valence-corrected chi connectivity index (χ1v) is 6.73. The Morgan fingerprint density at radius 1 is 1.47 bits per heavy atom. The summed E-state index contributed by atoms with van der Waals surface area (Å²) in [6.45, 7) is 7.03. The van der Waals surface area contributed by atoms with E-state index in [9.17, 15) is 0 Å². The number of hydrogen-bond acceptors (Lipinski definition) is 4. The first-order chi connectivity index (χ1) is 8.24. The smallest absolute Gasteiger partial charge is 0.114 e. The van der Waals surface area contributed by atoms with Crippen molar-refractivity contribution in [1.29, 1.82) is 0 Å². The molecule has 0 spiro atoms. The molecule has 92 valence electrons. The van der Waals surface area contributed by atoms with Crippen LogP contribution in [-0.2, 0) is 13.1 Å². The van der Waals surface area contributed by atoms with Crippen molar-refractivity contribution in [2.45, 2.75) is 26.9 Å². The Kier molecular flexibility index (Phi) is 4.28. The predicted octanol–water partition coefficient (Wildman–Crippen LogP) is 2.13. The maximum Gasteiger partial charge on any atom is 0.114 e. The minimum absolute atomic E-state index is 0.674. The van der Waals surface area contributed by atoms with Crippen LogP contribution in [0.1, 0.15) is 24.5 Å². The van der Waals surface area contributed by atoms with Crippen LogP contribution in [-0.4, -0.2) is 21.3 Å². The van der Waals surface area contributed by atoms with Gasteiger partial charge in [-0.05, 0) is 18.5 Å². The van der Waals surface area contributed by atoms with Crippen LogP contribution in [0, 0.1) is 5.92 Å². The van der Waals surface area contributed by atoms with Crippen LogP contribution in [0.25, 0.3) is 0 Å². The number of nitrogens with zero attached hydrogens (tertiary/aromatic N) is 3. The van der Waals surface area contributed by atoms with Crippen molar-refractivity contribution < 1.29 is 0 Å². The van der Waals surface area contributed by atoms with Gasteiger partial charge < -0.3 is 5.32 Å². The minimum Gasteiger partial charge on any atom is -0.311 e. The van der Waals surface area contributed by atoms with E-state index in [1.165, 1.54) is 0 Å². The molecule has 0 aliphatic carbocycles. The average molecular weight is 250 g/mol. The molecule has 0 amide bonds. The summed E-state index contributed by atoms with van der Waals surface area (Å²) in [6.07, 6.45) is 3.84. The van der Waals surface area contributed by atoms with Gasteiger partial charge in [0.2, 0.25) is 0 Å². The van der Waals surface area contributed by atoms with E-state index in [2.05, 4.69) is 35.3 Å². The number of aromatic nitrogens is 3. The molecule has 2 heterocycles. The summed E-state index contributed by atoms with van der Waals surface area (Å²) in [5.74, 6) is 0.674. The molecule has 1 N–H and O–H groups in total. The van der Waals surface area contributed by atoms with Gasteiger partial charge in [0.25, 0.3) is 0 Å². The molecule has 2 aromatic rings. The largest absolute Gasteiger partial charge is 0.311 e. The summed E-state index contributed by atoms with van der Waals surface area (Å²) in [6, 6.07) is 2.06. The zero-order valence-electron chi connectivity index (χ0n) is 10.3. The summed E-state index contributed by atoms with van der Waals surface area (Å²) in [7, 11) is 0. The summed E-state index contributed by atoms with van der Waals surface area (Å²) in [5.41, 5.74) is 1.09. The molecule has 0 saturated heterocycles. The number of rotatable bonds is 6. The number of hydrogen-bond donors (Lipinski definition) is 1. The molecule has 0 aliphatic heterocycles. The van der Waals surface area contributed by atoms with Crippen molar-refractivity contribution in [3.63, 3.8) is 0 Å². The van der Waals surface area contributed by atoms with Gasteiger partial charge in [-0.3, -0.25) is 4.68 Å². The molecule has 0 aliphatic rings. The van der Waals surface area contributed by atoms with Crippen molar-refractivity contribution in [3.05, 3.63) is 34.5 Å².